The fraction of sp³-hybridized carbons (Fsp3) is 0.235. The second kappa shape index (κ2) is 5.79. The van der Waals surface area contributed by atoms with E-state index in [0.717, 1.165) is 11.3 Å². The monoisotopic (exact) mass is 345 g/mol. The van der Waals surface area contributed by atoms with E-state index in [-0.39, 0.29) is 11.6 Å². The molecule has 0 bridgehead atoms. The summed E-state index contributed by atoms with van der Waals surface area (Å²) in [4.78, 5) is 16.9. The molecule has 1 aliphatic heterocycles. The molecule has 2 N–H and O–H groups in total. The normalized spacial score (nSPS) is 18.8. The molecule has 0 spiro atoms. The molecule has 1 unspecified atom stereocenters. The molecule has 0 aliphatic carbocycles. The minimum atomic E-state index is -1.96. The van der Waals surface area contributed by atoms with Gasteiger partial charge in [0, 0.05) is 5.69 Å². The Morgan fingerprint density at radius 2 is 2.08 bits per heavy atom. The largest absolute Gasteiger partial charge is 0.495 e. The molecule has 1 amide bonds. The lowest BCUT2D eigenvalue weighted by atomic mass is 10.0. The van der Waals surface area contributed by atoms with Gasteiger partial charge in [-0.1, -0.05) is 23.7 Å². The molecule has 24 heavy (non-hydrogen) atoms. The molecule has 1 aromatic carbocycles. The number of alkyl halides is 1. The molecule has 1 aromatic heterocycles. The highest BCUT2D eigenvalue weighted by Crippen LogP contribution is 2.39. The van der Waals surface area contributed by atoms with Crippen LogP contribution in [0, 0.1) is 19.3 Å². The van der Waals surface area contributed by atoms with Gasteiger partial charge in [0.2, 0.25) is 5.88 Å². The Morgan fingerprint density at radius 3 is 2.79 bits per heavy atom. The molecule has 0 fully saturated rings. The topological polar surface area (TPSA) is 84.3 Å². The van der Waals surface area contributed by atoms with Crippen molar-refractivity contribution < 1.29 is 14.3 Å². The van der Waals surface area contributed by atoms with Crippen LogP contribution >= 0.6 is 11.6 Å². The molecule has 6 nitrogen and oxygen atoms in total. The number of hydrogen-bond donors (Lipinski definition) is 2. The van der Waals surface area contributed by atoms with Gasteiger partial charge in [-0.2, -0.15) is 0 Å². The van der Waals surface area contributed by atoms with Gasteiger partial charge in [0.25, 0.3) is 5.91 Å². The number of hydrogen-bond acceptors (Lipinski definition) is 5. The molecule has 3 rings (SSSR count). The maximum atomic E-state index is 12.7. The number of amides is 1. The fourth-order valence-corrected chi connectivity index (χ4v) is 2.85. The number of methoxy groups -OCH3 is 1. The van der Waals surface area contributed by atoms with E-state index in [9.17, 15) is 4.79 Å². The van der Waals surface area contributed by atoms with E-state index in [1.165, 1.54) is 7.11 Å². The summed E-state index contributed by atoms with van der Waals surface area (Å²) in [5.41, 5.74) is 2.28. The molecule has 124 valence electrons. The van der Waals surface area contributed by atoms with Gasteiger partial charge in [-0.15, -0.1) is 0 Å². The van der Waals surface area contributed by atoms with Crippen molar-refractivity contribution in [2.24, 2.45) is 0 Å². The Hall–Kier alpha value is -2.60. The van der Waals surface area contributed by atoms with Crippen LogP contribution in [0.3, 0.4) is 0 Å². The molecular weight excluding hydrogens is 330 g/mol. The minimum Gasteiger partial charge on any atom is -0.495 e. The smallest absolute Gasteiger partial charge is 0.305 e. The van der Waals surface area contributed by atoms with E-state index >= 15 is 0 Å². The molecule has 0 saturated heterocycles. The highest BCUT2D eigenvalue weighted by Gasteiger charge is 2.51. The summed E-state index contributed by atoms with van der Waals surface area (Å²) in [6.07, 6.45) is 0. The third-order valence-corrected chi connectivity index (χ3v) is 4.21. The number of benzene rings is 1. The van der Waals surface area contributed by atoms with Gasteiger partial charge in [-0.25, -0.2) is 4.98 Å². The van der Waals surface area contributed by atoms with E-state index in [4.69, 9.17) is 26.5 Å². The quantitative estimate of drug-likeness (QED) is 0.837. The van der Waals surface area contributed by atoms with Crippen molar-refractivity contribution in [2.75, 3.05) is 12.4 Å². The summed E-state index contributed by atoms with van der Waals surface area (Å²) in [5, 5.41) is 8.99. The van der Waals surface area contributed by atoms with Gasteiger partial charge in [-0.3, -0.25) is 10.2 Å². The molecule has 1 atom stereocenters. The van der Waals surface area contributed by atoms with Crippen LogP contribution < -0.4 is 14.8 Å². The van der Waals surface area contributed by atoms with Crippen LogP contribution in [0.25, 0.3) is 0 Å². The van der Waals surface area contributed by atoms with Gasteiger partial charge in [0.1, 0.15) is 11.5 Å². The SMILES string of the molecule is COc1ccccc1NC(=O)C1(Cl)Oc2nc(C)cc(C)c2C1=N. The van der Waals surface area contributed by atoms with Crippen LogP contribution in [0.5, 0.6) is 11.6 Å². The number of fused-ring (bicyclic) bond motifs is 1. The Kier molecular flexibility index (Phi) is 3.93. The lowest BCUT2D eigenvalue weighted by Crippen LogP contribution is -2.46. The summed E-state index contributed by atoms with van der Waals surface area (Å²) in [7, 11) is 1.50. The molecule has 2 aromatic rings. The summed E-state index contributed by atoms with van der Waals surface area (Å²) in [6, 6.07) is 8.74. The average molecular weight is 346 g/mol. The molecule has 7 heteroatoms. The first-order valence-electron chi connectivity index (χ1n) is 7.27. The van der Waals surface area contributed by atoms with Crippen molar-refractivity contribution in [1.29, 1.82) is 5.41 Å². The average Bonchev–Trinajstić information content (AvgIpc) is 2.80. The van der Waals surface area contributed by atoms with Crippen molar-refractivity contribution in [2.45, 2.75) is 18.9 Å². The molecule has 2 heterocycles. The second-order valence-corrected chi connectivity index (χ2v) is 6.02. The first-order chi connectivity index (χ1) is 11.4. The first-order valence-corrected chi connectivity index (χ1v) is 7.64. The van der Waals surface area contributed by atoms with Crippen molar-refractivity contribution in [1.82, 2.24) is 4.98 Å². The summed E-state index contributed by atoms with van der Waals surface area (Å²) >= 11 is 6.37. The van der Waals surface area contributed by atoms with E-state index in [1.807, 2.05) is 19.9 Å². The number of carbonyl (C=O) groups is 1. The standard InChI is InChI=1S/C17H16ClN3O3/c1-9-8-10(2)20-15-13(9)14(19)17(18,24-15)16(22)21-11-6-4-5-7-12(11)23-3/h4-8,19H,1-3H3,(H,21,22). The van der Waals surface area contributed by atoms with E-state index < -0.39 is 11.0 Å². The van der Waals surface area contributed by atoms with Crippen LogP contribution in [0.1, 0.15) is 16.8 Å². The predicted molar refractivity (Wildman–Crippen MR) is 91.4 cm³/mol. The van der Waals surface area contributed by atoms with Gasteiger partial charge in [0.05, 0.1) is 18.4 Å². The van der Waals surface area contributed by atoms with Gasteiger partial charge in [-0.05, 0) is 37.6 Å². The summed E-state index contributed by atoms with van der Waals surface area (Å²) in [5.74, 6) is 0.00899. The number of pyridine rings is 1. The second-order valence-electron chi connectivity index (χ2n) is 5.49. The Morgan fingerprint density at radius 1 is 1.38 bits per heavy atom. The Bertz CT molecular complexity index is 853. The lowest BCUT2D eigenvalue weighted by Gasteiger charge is -2.20. The molecular formula is C17H16ClN3O3. The highest BCUT2D eigenvalue weighted by atomic mass is 35.5. The van der Waals surface area contributed by atoms with Gasteiger partial charge < -0.3 is 14.8 Å². The van der Waals surface area contributed by atoms with Crippen LogP contribution in [-0.2, 0) is 4.79 Å². The van der Waals surface area contributed by atoms with Crippen molar-refractivity contribution in [3.63, 3.8) is 0 Å². The molecule has 0 radical (unpaired) electrons. The third kappa shape index (κ3) is 2.49. The van der Waals surface area contributed by atoms with Gasteiger partial charge in [0.15, 0.2) is 0 Å². The highest BCUT2D eigenvalue weighted by molar-refractivity contribution is 6.50. The summed E-state index contributed by atoms with van der Waals surface area (Å²) in [6.45, 7) is 3.63. The maximum Gasteiger partial charge on any atom is 0.305 e. The van der Waals surface area contributed by atoms with Gasteiger partial charge >= 0.3 is 5.06 Å². The zero-order valence-corrected chi connectivity index (χ0v) is 14.2. The number of nitrogens with zero attached hydrogens (tertiary/aromatic N) is 1. The number of aromatic nitrogens is 1. The first kappa shape index (κ1) is 16.3. The number of anilines is 1. The van der Waals surface area contributed by atoms with Crippen molar-refractivity contribution in [3.05, 3.63) is 47.2 Å². The zero-order chi connectivity index (χ0) is 17.5. The molecule has 0 saturated carbocycles. The minimum absolute atomic E-state index is 0.128. The van der Waals surface area contributed by atoms with E-state index in [1.54, 1.807) is 24.3 Å². The fourth-order valence-electron chi connectivity index (χ4n) is 2.64. The third-order valence-electron chi connectivity index (χ3n) is 3.77. The lowest BCUT2D eigenvalue weighted by molar-refractivity contribution is -0.121. The molecule has 1 aliphatic rings. The van der Waals surface area contributed by atoms with Crippen molar-refractivity contribution in [3.8, 4) is 11.6 Å². The number of aryl methyl sites for hydroxylation is 2. The number of para-hydroxylation sites is 2. The van der Waals surface area contributed by atoms with Crippen molar-refractivity contribution >= 4 is 28.9 Å². The Balaban J connectivity index is 1.93. The maximum absolute atomic E-state index is 12.7. The predicted octanol–water partition coefficient (Wildman–Crippen LogP) is 3.04. The number of ether oxygens (including phenoxy) is 2. The van der Waals surface area contributed by atoms with Crippen LogP contribution in [0.15, 0.2) is 30.3 Å². The zero-order valence-electron chi connectivity index (χ0n) is 13.4. The number of halogens is 1. The van der Waals surface area contributed by atoms with Crippen LogP contribution in [0.4, 0.5) is 5.69 Å². The van der Waals surface area contributed by atoms with Crippen LogP contribution in [-0.4, -0.2) is 28.8 Å². The van der Waals surface area contributed by atoms with Crippen LogP contribution in [0.2, 0.25) is 0 Å². The number of rotatable bonds is 3. The number of carbonyl (C=O) groups excluding carboxylic acids is 1. The number of nitrogens with one attached hydrogen (secondary N) is 2. The summed E-state index contributed by atoms with van der Waals surface area (Å²) < 4.78 is 10.8. The van der Waals surface area contributed by atoms with E-state index in [2.05, 4.69) is 10.3 Å². The Labute approximate surface area is 144 Å². The van der Waals surface area contributed by atoms with E-state index in [0.29, 0.717) is 17.0 Å².